The molecule has 1 saturated heterocycles. The van der Waals surface area contributed by atoms with Crippen LogP contribution in [0.1, 0.15) is 56.6 Å². The van der Waals surface area contributed by atoms with Crippen LogP contribution in [0.3, 0.4) is 0 Å². The van der Waals surface area contributed by atoms with Gasteiger partial charge in [0, 0.05) is 24.7 Å². The molecule has 2 saturated carbocycles. The van der Waals surface area contributed by atoms with Crippen LogP contribution >= 0.6 is 0 Å². The Balaban J connectivity index is 1.40. The van der Waals surface area contributed by atoms with E-state index in [2.05, 4.69) is 15.2 Å². The highest BCUT2D eigenvalue weighted by Crippen LogP contribution is 2.39. The van der Waals surface area contributed by atoms with Crippen molar-refractivity contribution in [3.05, 3.63) is 11.9 Å². The van der Waals surface area contributed by atoms with Crippen LogP contribution < -0.4 is 0 Å². The first-order chi connectivity index (χ1) is 9.81. The van der Waals surface area contributed by atoms with Gasteiger partial charge in [0.1, 0.15) is 6.54 Å². The van der Waals surface area contributed by atoms with Crippen molar-refractivity contribution in [2.24, 2.45) is 5.92 Å². The number of rotatable bonds is 4. The first kappa shape index (κ1) is 12.4. The highest BCUT2D eigenvalue weighted by atomic mass is 16.2. The molecule has 0 spiro atoms. The van der Waals surface area contributed by atoms with Crippen molar-refractivity contribution in [2.45, 2.75) is 63.5 Å². The molecule has 0 aromatic carbocycles. The Morgan fingerprint density at radius 1 is 1.20 bits per heavy atom. The van der Waals surface area contributed by atoms with Gasteiger partial charge in [0.2, 0.25) is 5.91 Å². The van der Waals surface area contributed by atoms with Gasteiger partial charge in [-0.15, -0.1) is 5.10 Å². The first-order valence-electron chi connectivity index (χ1n) is 8.01. The summed E-state index contributed by atoms with van der Waals surface area (Å²) in [5, 5.41) is 8.29. The number of hydrogen-bond donors (Lipinski definition) is 0. The normalized spacial score (nSPS) is 26.8. The second-order valence-electron chi connectivity index (χ2n) is 6.60. The summed E-state index contributed by atoms with van der Waals surface area (Å²) in [6.07, 6.45) is 10.7. The summed E-state index contributed by atoms with van der Waals surface area (Å²) in [4.78, 5) is 14.6. The minimum Gasteiger partial charge on any atom is -0.338 e. The van der Waals surface area contributed by atoms with Gasteiger partial charge in [0.25, 0.3) is 0 Å². The topological polar surface area (TPSA) is 51.0 Å². The van der Waals surface area contributed by atoms with E-state index in [0.717, 1.165) is 24.6 Å². The van der Waals surface area contributed by atoms with E-state index in [1.54, 1.807) is 4.68 Å². The van der Waals surface area contributed by atoms with E-state index in [-0.39, 0.29) is 5.91 Å². The summed E-state index contributed by atoms with van der Waals surface area (Å²) in [6.45, 7) is 1.30. The molecule has 5 nitrogen and oxygen atoms in total. The second-order valence-corrected chi connectivity index (χ2v) is 6.60. The van der Waals surface area contributed by atoms with Crippen LogP contribution in [0.4, 0.5) is 0 Å². The van der Waals surface area contributed by atoms with Gasteiger partial charge in [-0.05, 0) is 44.4 Å². The maximum Gasteiger partial charge on any atom is 0.244 e. The van der Waals surface area contributed by atoms with Crippen molar-refractivity contribution in [1.82, 2.24) is 19.9 Å². The number of aromatic nitrogens is 3. The fraction of sp³-hybridized carbons (Fsp3) is 0.800. The first-order valence-corrected chi connectivity index (χ1v) is 8.01. The largest absolute Gasteiger partial charge is 0.338 e. The van der Waals surface area contributed by atoms with Crippen LogP contribution in [0.2, 0.25) is 0 Å². The SMILES string of the molecule is O=C(Cn1cc(C2CC2)nn1)N1CCCC1C1CCC1. The molecule has 0 bridgehead atoms. The predicted molar refractivity (Wildman–Crippen MR) is 74.1 cm³/mol. The summed E-state index contributed by atoms with van der Waals surface area (Å²) >= 11 is 0. The van der Waals surface area contributed by atoms with Gasteiger partial charge in [-0.2, -0.15) is 0 Å². The minimum atomic E-state index is 0.228. The number of carbonyl (C=O) groups excluding carboxylic acids is 1. The molecule has 1 amide bonds. The standard InChI is InChI=1S/C15H22N4O/c20-15(10-18-9-13(16-17-18)11-6-7-11)19-8-2-5-14(19)12-3-1-4-12/h9,11-12,14H,1-8,10H2. The Kier molecular flexibility index (Phi) is 3.00. The van der Waals surface area contributed by atoms with Crippen LogP contribution in [-0.4, -0.2) is 38.4 Å². The van der Waals surface area contributed by atoms with Gasteiger partial charge in [-0.3, -0.25) is 4.79 Å². The maximum absolute atomic E-state index is 12.5. The number of nitrogens with zero attached hydrogens (tertiary/aromatic N) is 4. The molecular formula is C15H22N4O. The summed E-state index contributed by atoms with van der Waals surface area (Å²) in [5.74, 6) is 1.60. The zero-order chi connectivity index (χ0) is 13.5. The molecule has 1 aliphatic heterocycles. The lowest BCUT2D eigenvalue weighted by Gasteiger charge is -2.37. The predicted octanol–water partition coefficient (Wildman–Crippen LogP) is 1.95. The zero-order valence-corrected chi connectivity index (χ0v) is 11.9. The van der Waals surface area contributed by atoms with E-state index in [1.165, 1.54) is 38.5 Å². The molecule has 0 N–H and O–H groups in total. The van der Waals surface area contributed by atoms with Gasteiger partial charge in [-0.25, -0.2) is 4.68 Å². The van der Waals surface area contributed by atoms with Crippen LogP contribution in [0, 0.1) is 5.92 Å². The molecule has 1 aromatic heterocycles. The molecule has 5 heteroatoms. The van der Waals surface area contributed by atoms with E-state index in [4.69, 9.17) is 0 Å². The third kappa shape index (κ3) is 2.23. The Hall–Kier alpha value is -1.39. The summed E-state index contributed by atoms with van der Waals surface area (Å²) in [5.41, 5.74) is 1.06. The molecule has 4 rings (SSSR count). The fourth-order valence-corrected chi connectivity index (χ4v) is 3.60. The third-order valence-electron chi connectivity index (χ3n) is 5.16. The lowest BCUT2D eigenvalue weighted by atomic mass is 9.79. The minimum absolute atomic E-state index is 0.228. The Morgan fingerprint density at radius 2 is 2.05 bits per heavy atom. The van der Waals surface area contributed by atoms with E-state index in [9.17, 15) is 4.79 Å². The van der Waals surface area contributed by atoms with Crippen molar-refractivity contribution in [3.63, 3.8) is 0 Å². The molecule has 1 aromatic rings. The quantitative estimate of drug-likeness (QED) is 0.843. The monoisotopic (exact) mass is 274 g/mol. The van der Waals surface area contributed by atoms with Gasteiger partial charge in [0.05, 0.1) is 5.69 Å². The number of likely N-dealkylation sites (tertiary alicyclic amines) is 1. The van der Waals surface area contributed by atoms with Crippen LogP contribution in [0.25, 0.3) is 0 Å². The van der Waals surface area contributed by atoms with Gasteiger partial charge >= 0.3 is 0 Å². The number of amides is 1. The maximum atomic E-state index is 12.5. The van der Waals surface area contributed by atoms with E-state index in [0.29, 0.717) is 18.5 Å². The molecule has 2 heterocycles. The molecule has 3 fully saturated rings. The van der Waals surface area contributed by atoms with Gasteiger partial charge < -0.3 is 4.90 Å². The summed E-state index contributed by atoms with van der Waals surface area (Å²) < 4.78 is 1.73. The molecule has 3 aliphatic rings. The van der Waals surface area contributed by atoms with Crippen LogP contribution in [0.15, 0.2) is 6.20 Å². The summed E-state index contributed by atoms with van der Waals surface area (Å²) in [6, 6.07) is 0.502. The molecular weight excluding hydrogens is 252 g/mol. The average molecular weight is 274 g/mol. The molecule has 2 aliphatic carbocycles. The lowest BCUT2D eigenvalue weighted by Crippen LogP contribution is -2.43. The third-order valence-corrected chi connectivity index (χ3v) is 5.16. The van der Waals surface area contributed by atoms with Crippen molar-refractivity contribution in [3.8, 4) is 0 Å². The van der Waals surface area contributed by atoms with Crippen molar-refractivity contribution in [2.75, 3.05) is 6.54 Å². The average Bonchev–Trinajstić information content (AvgIpc) is 2.94. The molecule has 1 unspecified atom stereocenters. The van der Waals surface area contributed by atoms with Crippen molar-refractivity contribution < 1.29 is 4.79 Å². The molecule has 20 heavy (non-hydrogen) atoms. The zero-order valence-electron chi connectivity index (χ0n) is 11.9. The highest BCUT2D eigenvalue weighted by molar-refractivity contribution is 5.76. The van der Waals surface area contributed by atoms with E-state index in [1.807, 2.05) is 6.20 Å². The second kappa shape index (κ2) is 4.86. The summed E-state index contributed by atoms with van der Waals surface area (Å²) in [7, 11) is 0. The van der Waals surface area contributed by atoms with Crippen LogP contribution in [-0.2, 0) is 11.3 Å². The smallest absolute Gasteiger partial charge is 0.244 e. The molecule has 1 atom stereocenters. The van der Waals surface area contributed by atoms with Crippen LogP contribution in [0.5, 0.6) is 0 Å². The van der Waals surface area contributed by atoms with Crippen molar-refractivity contribution in [1.29, 1.82) is 0 Å². The van der Waals surface area contributed by atoms with Gasteiger partial charge in [0.15, 0.2) is 0 Å². The Labute approximate surface area is 119 Å². The van der Waals surface area contributed by atoms with E-state index < -0.39 is 0 Å². The molecule has 108 valence electrons. The Bertz CT molecular complexity index is 504. The van der Waals surface area contributed by atoms with Crippen molar-refractivity contribution >= 4 is 5.91 Å². The Morgan fingerprint density at radius 3 is 2.75 bits per heavy atom. The number of hydrogen-bond acceptors (Lipinski definition) is 3. The van der Waals surface area contributed by atoms with E-state index >= 15 is 0 Å². The van der Waals surface area contributed by atoms with Gasteiger partial charge in [-0.1, -0.05) is 11.6 Å². The molecule has 0 radical (unpaired) electrons. The highest BCUT2D eigenvalue weighted by Gasteiger charge is 2.37. The lowest BCUT2D eigenvalue weighted by molar-refractivity contribution is -0.134. The number of carbonyl (C=O) groups is 1. The fourth-order valence-electron chi connectivity index (χ4n) is 3.60.